The molecule has 31 heavy (non-hydrogen) atoms. The summed E-state index contributed by atoms with van der Waals surface area (Å²) in [5.41, 5.74) is 1.99. The molecular weight excluding hydrogens is 392 g/mol. The van der Waals surface area contributed by atoms with Gasteiger partial charge in [-0.25, -0.2) is 0 Å². The fourth-order valence-corrected chi connectivity index (χ4v) is 3.98. The molecule has 3 heterocycles. The van der Waals surface area contributed by atoms with Gasteiger partial charge in [0.25, 0.3) is 0 Å². The van der Waals surface area contributed by atoms with Crippen LogP contribution in [-0.2, 0) is 0 Å². The van der Waals surface area contributed by atoms with Crippen LogP contribution < -0.4 is 20.9 Å². The number of aromatic amines is 1. The number of nitrogens with one attached hydrogen (secondary N) is 4. The maximum atomic E-state index is 10.1. The molecule has 3 aromatic rings. The third-order valence-corrected chi connectivity index (χ3v) is 5.37. The van der Waals surface area contributed by atoms with E-state index >= 15 is 0 Å². The van der Waals surface area contributed by atoms with Crippen LogP contribution in [0.15, 0.2) is 18.3 Å². The van der Waals surface area contributed by atoms with Gasteiger partial charge in [-0.3, -0.25) is 0 Å². The lowest BCUT2D eigenvalue weighted by Crippen LogP contribution is -2.31. The number of aryl methyl sites for hydroxylation is 1. The standard InChI is InChI=1S/C22H32N8O/c1-13-6-7-15-16(11-24-18(15)31)17(13)26-20-27-19(25-14-8-9-23-10-14)28-21(29-20)30(5)12-22(2,3)4/h6-7,11,14,23-24,31H,8-10,12H2,1-5H3,(H2,25,26,27,28,29)/t14-/m0/s1. The summed E-state index contributed by atoms with van der Waals surface area (Å²) in [6, 6.07) is 4.16. The molecule has 2 aromatic heterocycles. The summed E-state index contributed by atoms with van der Waals surface area (Å²) in [5.74, 6) is 1.79. The monoisotopic (exact) mass is 424 g/mol. The number of fused-ring (bicyclic) bond motifs is 1. The highest BCUT2D eigenvalue weighted by molar-refractivity contribution is 5.99. The zero-order valence-electron chi connectivity index (χ0n) is 18.9. The van der Waals surface area contributed by atoms with Crippen molar-refractivity contribution in [1.82, 2.24) is 25.3 Å². The minimum absolute atomic E-state index is 0.1000. The van der Waals surface area contributed by atoms with Crippen LogP contribution in [0.25, 0.3) is 10.8 Å². The van der Waals surface area contributed by atoms with E-state index in [9.17, 15) is 5.11 Å². The molecule has 1 aliphatic rings. The Morgan fingerprint density at radius 2 is 1.94 bits per heavy atom. The molecule has 5 N–H and O–H groups in total. The Kier molecular flexibility index (Phi) is 5.62. The van der Waals surface area contributed by atoms with E-state index in [1.807, 2.05) is 26.1 Å². The van der Waals surface area contributed by atoms with Gasteiger partial charge in [-0.2, -0.15) is 15.0 Å². The van der Waals surface area contributed by atoms with Crippen LogP contribution in [0.3, 0.4) is 0 Å². The fourth-order valence-electron chi connectivity index (χ4n) is 3.98. The molecule has 0 spiro atoms. The second-order valence-corrected chi connectivity index (χ2v) is 9.51. The number of hydrogen-bond acceptors (Lipinski definition) is 8. The topological polar surface area (TPSA) is 114 Å². The van der Waals surface area contributed by atoms with Crippen molar-refractivity contribution >= 4 is 34.3 Å². The summed E-state index contributed by atoms with van der Waals surface area (Å²) in [6.45, 7) is 11.3. The number of benzene rings is 1. The third-order valence-electron chi connectivity index (χ3n) is 5.37. The molecule has 166 valence electrons. The van der Waals surface area contributed by atoms with Crippen molar-refractivity contribution in [3.05, 3.63) is 23.9 Å². The molecular formula is C22H32N8O. The van der Waals surface area contributed by atoms with Gasteiger partial charge in [0.15, 0.2) is 5.88 Å². The molecule has 1 saturated heterocycles. The van der Waals surface area contributed by atoms with E-state index in [0.29, 0.717) is 23.9 Å². The highest BCUT2D eigenvalue weighted by Gasteiger charge is 2.20. The van der Waals surface area contributed by atoms with Gasteiger partial charge in [0.1, 0.15) is 0 Å². The molecule has 4 rings (SSSR count). The zero-order valence-corrected chi connectivity index (χ0v) is 18.9. The van der Waals surface area contributed by atoms with Gasteiger partial charge < -0.3 is 30.9 Å². The molecule has 0 saturated carbocycles. The fraction of sp³-hybridized carbons (Fsp3) is 0.500. The van der Waals surface area contributed by atoms with Crippen LogP contribution in [0, 0.1) is 12.3 Å². The van der Waals surface area contributed by atoms with Crippen molar-refractivity contribution in [3.63, 3.8) is 0 Å². The normalized spacial score (nSPS) is 16.6. The first kappa shape index (κ1) is 21.2. The number of nitrogens with zero attached hydrogens (tertiary/aromatic N) is 4. The summed E-state index contributed by atoms with van der Waals surface area (Å²) in [4.78, 5) is 19.0. The van der Waals surface area contributed by atoms with Crippen LogP contribution in [0.4, 0.5) is 23.5 Å². The van der Waals surface area contributed by atoms with Crippen LogP contribution >= 0.6 is 0 Å². The first-order valence-corrected chi connectivity index (χ1v) is 10.7. The van der Waals surface area contributed by atoms with Gasteiger partial charge in [-0.15, -0.1) is 0 Å². The number of aromatic hydroxyl groups is 1. The van der Waals surface area contributed by atoms with E-state index < -0.39 is 0 Å². The first-order chi connectivity index (χ1) is 14.7. The molecule has 0 bridgehead atoms. The maximum absolute atomic E-state index is 10.1. The number of rotatable bonds is 6. The SMILES string of the molecule is Cc1ccc2c(O)[nH]cc2c1Nc1nc(N[C@H]2CCNC2)nc(N(C)CC(C)(C)C)n1. The highest BCUT2D eigenvalue weighted by atomic mass is 16.3. The lowest BCUT2D eigenvalue weighted by Gasteiger charge is -2.27. The van der Waals surface area contributed by atoms with Crippen molar-refractivity contribution in [3.8, 4) is 5.88 Å². The summed E-state index contributed by atoms with van der Waals surface area (Å²) >= 11 is 0. The van der Waals surface area contributed by atoms with Gasteiger partial charge in [0.2, 0.25) is 17.8 Å². The minimum atomic E-state index is 0.1000. The Balaban J connectivity index is 1.70. The summed E-state index contributed by atoms with van der Waals surface area (Å²) in [5, 5.41) is 21.9. The van der Waals surface area contributed by atoms with Crippen molar-refractivity contribution in [2.24, 2.45) is 5.41 Å². The van der Waals surface area contributed by atoms with Crippen LogP contribution in [0.2, 0.25) is 0 Å². The lowest BCUT2D eigenvalue weighted by molar-refractivity contribution is 0.416. The quantitative estimate of drug-likeness (QED) is 0.409. The van der Waals surface area contributed by atoms with Gasteiger partial charge in [-0.05, 0) is 36.9 Å². The Morgan fingerprint density at radius 1 is 1.16 bits per heavy atom. The molecule has 0 aliphatic carbocycles. The smallest absolute Gasteiger partial charge is 0.233 e. The Morgan fingerprint density at radius 3 is 2.65 bits per heavy atom. The molecule has 1 aromatic carbocycles. The van der Waals surface area contributed by atoms with Crippen LogP contribution in [0.5, 0.6) is 5.88 Å². The molecule has 9 heteroatoms. The molecule has 0 radical (unpaired) electrons. The molecule has 1 aliphatic heterocycles. The van der Waals surface area contributed by atoms with E-state index in [2.05, 4.69) is 51.6 Å². The lowest BCUT2D eigenvalue weighted by atomic mass is 9.96. The Bertz CT molecular complexity index is 1070. The van der Waals surface area contributed by atoms with Gasteiger partial charge in [0, 0.05) is 43.1 Å². The molecule has 1 fully saturated rings. The summed E-state index contributed by atoms with van der Waals surface area (Å²) in [6.07, 6.45) is 2.82. The predicted octanol–water partition coefficient (Wildman–Crippen LogP) is 3.37. The highest BCUT2D eigenvalue weighted by Crippen LogP contribution is 2.34. The second-order valence-electron chi connectivity index (χ2n) is 9.51. The third kappa shape index (κ3) is 4.82. The molecule has 0 amide bonds. The van der Waals surface area contributed by atoms with E-state index in [0.717, 1.165) is 48.1 Å². The van der Waals surface area contributed by atoms with Crippen LogP contribution in [0.1, 0.15) is 32.8 Å². The summed E-state index contributed by atoms with van der Waals surface area (Å²) < 4.78 is 0. The van der Waals surface area contributed by atoms with Gasteiger partial charge in [-0.1, -0.05) is 26.8 Å². The number of aromatic nitrogens is 4. The zero-order chi connectivity index (χ0) is 22.2. The van der Waals surface area contributed by atoms with Crippen molar-refractivity contribution < 1.29 is 5.11 Å². The van der Waals surface area contributed by atoms with E-state index in [1.165, 1.54) is 0 Å². The molecule has 0 unspecified atom stereocenters. The average Bonchev–Trinajstić information content (AvgIpc) is 3.32. The van der Waals surface area contributed by atoms with Gasteiger partial charge in [0.05, 0.1) is 5.69 Å². The van der Waals surface area contributed by atoms with E-state index in [-0.39, 0.29) is 11.3 Å². The Hall–Kier alpha value is -3.07. The number of anilines is 4. The van der Waals surface area contributed by atoms with E-state index in [4.69, 9.17) is 9.97 Å². The molecule has 1 atom stereocenters. The Labute approximate surface area is 182 Å². The maximum Gasteiger partial charge on any atom is 0.233 e. The van der Waals surface area contributed by atoms with Crippen molar-refractivity contribution in [2.45, 2.75) is 40.2 Å². The minimum Gasteiger partial charge on any atom is -0.494 e. The first-order valence-electron chi connectivity index (χ1n) is 10.7. The second kappa shape index (κ2) is 8.22. The average molecular weight is 425 g/mol. The predicted molar refractivity (Wildman–Crippen MR) is 125 cm³/mol. The van der Waals surface area contributed by atoms with Crippen molar-refractivity contribution in [2.75, 3.05) is 42.2 Å². The van der Waals surface area contributed by atoms with Crippen molar-refractivity contribution in [1.29, 1.82) is 0 Å². The van der Waals surface area contributed by atoms with Crippen LogP contribution in [-0.4, -0.2) is 57.8 Å². The summed E-state index contributed by atoms with van der Waals surface area (Å²) in [7, 11) is 2.00. The van der Waals surface area contributed by atoms with Gasteiger partial charge >= 0.3 is 0 Å². The largest absolute Gasteiger partial charge is 0.494 e. The molecule has 9 nitrogen and oxygen atoms in total. The van der Waals surface area contributed by atoms with E-state index in [1.54, 1.807) is 6.20 Å². The number of H-pyrrole nitrogens is 1. The number of hydrogen-bond donors (Lipinski definition) is 5.